The summed E-state index contributed by atoms with van der Waals surface area (Å²) in [5.74, 6) is 0.320. The van der Waals surface area contributed by atoms with E-state index in [1.807, 2.05) is 0 Å². The van der Waals surface area contributed by atoms with Gasteiger partial charge in [0.2, 0.25) is 0 Å². The van der Waals surface area contributed by atoms with Gasteiger partial charge in [0.15, 0.2) is 9.84 Å². The molecule has 1 unspecified atom stereocenters. The van der Waals surface area contributed by atoms with Gasteiger partial charge < -0.3 is 10.1 Å². The van der Waals surface area contributed by atoms with E-state index in [-0.39, 0.29) is 22.6 Å². The molecular weight excluding hydrogens is 307 g/mol. The minimum absolute atomic E-state index is 0.132. The summed E-state index contributed by atoms with van der Waals surface area (Å²) in [5.41, 5.74) is 0. The van der Waals surface area contributed by atoms with E-state index in [1.165, 1.54) is 24.4 Å². The van der Waals surface area contributed by atoms with Gasteiger partial charge in [0.05, 0.1) is 6.54 Å². The molecule has 0 spiro atoms. The average Bonchev–Trinajstić information content (AvgIpc) is 2.44. The first-order valence-corrected chi connectivity index (χ1v) is 8.56. The van der Waals surface area contributed by atoms with E-state index in [0.29, 0.717) is 12.3 Å². The number of nitrogens with zero attached hydrogens (tertiary/aromatic N) is 1. The van der Waals surface area contributed by atoms with Crippen LogP contribution < -0.4 is 10.1 Å². The number of halogens is 1. The first-order valence-electron chi connectivity index (χ1n) is 6.67. The normalized spacial score (nSPS) is 12.7. The van der Waals surface area contributed by atoms with Crippen LogP contribution in [0.4, 0.5) is 10.2 Å². The second-order valence-corrected chi connectivity index (χ2v) is 6.87. The van der Waals surface area contributed by atoms with Crippen LogP contribution in [0.15, 0.2) is 47.5 Å². The van der Waals surface area contributed by atoms with Crippen LogP contribution in [-0.4, -0.2) is 32.3 Å². The zero-order chi connectivity index (χ0) is 16.2. The van der Waals surface area contributed by atoms with Gasteiger partial charge in [-0.25, -0.2) is 17.8 Å². The van der Waals surface area contributed by atoms with E-state index in [9.17, 15) is 12.8 Å². The number of anilines is 1. The predicted octanol–water partition coefficient (Wildman–Crippen LogP) is 2.50. The summed E-state index contributed by atoms with van der Waals surface area (Å²) in [6.45, 7) is 2.12. The van der Waals surface area contributed by atoms with Crippen molar-refractivity contribution in [1.82, 2.24) is 4.98 Å². The van der Waals surface area contributed by atoms with Crippen molar-refractivity contribution in [3.63, 3.8) is 0 Å². The Labute approximate surface area is 129 Å². The van der Waals surface area contributed by atoms with E-state index in [0.717, 1.165) is 6.26 Å². The Kier molecular flexibility index (Phi) is 4.97. The molecule has 0 fully saturated rings. The first kappa shape index (κ1) is 16.2. The highest BCUT2D eigenvalue weighted by Gasteiger charge is 2.14. The molecular formula is C15H17FN2O3S. The van der Waals surface area contributed by atoms with Crippen LogP contribution in [0.2, 0.25) is 0 Å². The third-order valence-electron chi connectivity index (χ3n) is 2.86. The zero-order valence-electron chi connectivity index (χ0n) is 12.3. The molecule has 1 heterocycles. The Bertz CT molecular complexity index is 750. The largest absolute Gasteiger partial charge is 0.489 e. The molecule has 0 radical (unpaired) electrons. The molecule has 0 aliphatic rings. The van der Waals surface area contributed by atoms with Crippen molar-refractivity contribution >= 4 is 15.7 Å². The van der Waals surface area contributed by atoms with Gasteiger partial charge >= 0.3 is 0 Å². The molecule has 0 saturated carbocycles. The van der Waals surface area contributed by atoms with Crippen LogP contribution in [0, 0.1) is 5.82 Å². The highest BCUT2D eigenvalue weighted by atomic mass is 32.2. The second-order valence-electron chi connectivity index (χ2n) is 4.89. The number of hydrogen-bond donors (Lipinski definition) is 1. The Morgan fingerprint density at radius 1 is 1.32 bits per heavy atom. The van der Waals surface area contributed by atoms with Crippen molar-refractivity contribution in [1.29, 1.82) is 0 Å². The number of hydrogen-bond acceptors (Lipinski definition) is 5. The Balaban J connectivity index is 2.01. The molecule has 118 valence electrons. The van der Waals surface area contributed by atoms with Gasteiger partial charge in [0.1, 0.15) is 28.4 Å². The quantitative estimate of drug-likeness (QED) is 0.884. The minimum Gasteiger partial charge on any atom is -0.489 e. The highest BCUT2D eigenvalue weighted by Crippen LogP contribution is 2.18. The molecule has 1 aromatic carbocycles. The molecule has 1 atom stereocenters. The maximum Gasteiger partial charge on any atom is 0.179 e. The molecule has 0 bridgehead atoms. The first-order chi connectivity index (χ1) is 10.4. The Morgan fingerprint density at radius 2 is 2.09 bits per heavy atom. The standard InChI is InChI=1S/C15H17FN2O3S/c1-11(21-13-6-3-5-12(16)9-13)10-18-15-14(22(2,19)20)7-4-8-17-15/h3-9,11H,10H2,1-2H3,(H,17,18). The number of ether oxygens (including phenoxy) is 1. The smallest absolute Gasteiger partial charge is 0.179 e. The van der Waals surface area contributed by atoms with Gasteiger partial charge in [-0.1, -0.05) is 6.07 Å². The summed E-state index contributed by atoms with van der Waals surface area (Å²) in [6, 6.07) is 8.89. The van der Waals surface area contributed by atoms with Crippen molar-refractivity contribution in [2.75, 3.05) is 18.1 Å². The third-order valence-corrected chi connectivity index (χ3v) is 3.99. The second kappa shape index (κ2) is 6.74. The fourth-order valence-corrected chi connectivity index (χ4v) is 2.68. The lowest BCUT2D eigenvalue weighted by Gasteiger charge is -2.16. The number of aromatic nitrogens is 1. The number of benzene rings is 1. The number of rotatable bonds is 6. The van der Waals surface area contributed by atoms with Gasteiger partial charge in [-0.3, -0.25) is 0 Å². The van der Waals surface area contributed by atoms with Crippen molar-refractivity contribution in [2.24, 2.45) is 0 Å². The Morgan fingerprint density at radius 3 is 2.77 bits per heavy atom. The lowest BCUT2D eigenvalue weighted by molar-refractivity contribution is 0.233. The topological polar surface area (TPSA) is 68.3 Å². The van der Waals surface area contributed by atoms with Gasteiger partial charge in [-0.05, 0) is 31.2 Å². The van der Waals surface area contributed by atoms with Crippen molar-refractivity contribution in [3.05, 3.63) is 48.4 Å². The fourth-order valence-electron chi connectivity index (χ4n) is 1.88. The number of pyridine rings is 1. The van der Waals surface area contributed by atoms with E-state index < -0.39 is 9.84 Å². The molecule has 2 rings (SSSR count). The van der Waals surface area contributed by atoms with Crippen LogP contribution in [0.3, 0.4) is 0 Å². The maximum atomic E-state index is 13.1. The lowest BCUT2D eigenvalue weighted by atomic mass is 10.3. The van der Waals surface area contributed by atoms with Crippen LogP contribution in [0.25, 0.3) is 0 Å². The van der Waals surface area contributed by atoms with Crippen LogP contribution in [0.5, 0.6) is 5.75 Å². The molecule has 0 amide bonds. The fraction of sp³-hybridized carbons (Fsp3) is 0.267. The van der Waals surface area contributed by atoms with Crippen LogP contribution in [0.1, 0.15) is 6.92 Å². The van der Waals surface area contributed by atoms with Crippen molar-refractivity contribution in [2.45, 2.75) is 17.9 Å². The van der Waals surface area contributed by atoms with Crippen LogP contribution in [-0.2, 0) is 9.84 Å². The van der Waals surface area contributed by atoms with E-state index in [2.05, 4.69) is 10.3 Å². The molecule has 0 saturated heterocycles. The number of nitrogens with one attached hydrogen (secondary N) is 1. The minimum atomic E-state index is -3.36. The average molecular weight is 324 g/mol. The van der Waals surface area contributed by atoms with Gasteiger partial charge in [-0.2, -0.15) is 0 Å². The van der Waals surface area contributed by atoms with E-state index in [1.54, 1.807) is 25.1 Å². The highest BCUT2D eigenvalue weighted by molar-refractivity contribution is 7.90. The summed E-state index contributed by atoms with van der Waals surface area (Å²) in [7, 11) is -3.36. The van der Waals surface area contributed by atoms with Gasteiger partial charge in [0, 0.05) is 18.5 Å². The third kappa shape index (κ3) is 4.42. The molecule has 1 aromatic heterocycles. The summed E-state index contributed by atoms with van der Waals surface area (Å²) >= 11 is 0. The molecule has 0 aliphatic carbocycles. The molecule has 2 aromatic rings. The van der Waals surface area contributed by atoms with Crippen molar-refractivity contribution in [3.8, 4) is 5.75 Å². The molecule has 7 heteroatoms. The molecule has 0 aliphatic heterocycles. The summed E-state index contributed by atoms with van der Waals surface area (Å²) in [4.78, 5) is 4.16. The SMILES string of the molecule is CC(CNc1ncccc1S(C)(=O)=O)Oc1cccc(F)c1. The van der Waals surface area contributed by atoms with E-state index in [4.69, 9.17) is 4.74 Å². The molecule has 5 nitrogen and oxygen atoms in total. The summed E-state index contributed by atoms with van der Waals surface area (Å²) < 4.78 is 42.0. The Hall–Kier alpha value is -2.15. The summed E-state index contributed by atoms with van der Waals surface area (Å²) in [5, 5.41) is 2.95. The van der Waals surface area contributed by atoms with E-state index >= 15 is 0 Å². The zero-order valence-corrected chi connectivity index (χ0v) is 13.1. The number of sulfone groups is 1. The maximum absolute atomic E-state index is 13.1. The predicted molar refractivity (Wildman–Crippen MR) is 82.3 cm³/mol. The van der Waals surface area contributed by atoms with Crippen LogP contribution >= 0.6 is 0 Å². The monoisotopic (exact) mass is 324 g/mol. The lowest BCUT2D eigenvalue weighted by Crippen LogP contribution is -2.24. The van der Waals surface area contributed by atoms with Gasteiger partial charge in [0.25, 0.3) is 0 Å². The molecule has 1 N–H and O–H groups in total. The van der Waals surface area contributed by atoms with Gasteiger partial charge in [-0.15, -0.1) is 0 Å². The van der Waals surface area contributed by atoms with Crippen molar-refractivity contribution < 1.29 is 17.5 Å². The summed E-state index contributed by atoms with van der Waals surface area (Å²) in [6.07, 6.45) is 2.34. The molecule has 22 heavy (non-hydrogen) atoms.